The summed E-state index contributed by atoms with van der Waals surface area (Å²) >= 11 is 0. The van der Waals surface area contributed by atoms with Gasteiger partial charge in [0.2, 0.25) is 11.8 Å². The third-order valence-electron chi connectivity index (χ3n) is 3.92. The van der Waals surface area contributed by atoms with Crippen molar-refractivity contribution in [1.82, 2.24) is 10.2 Å². The van der Waals surface area contributed by atoms with Gasteiger partial charge in [-0.05, 0) is 25.5 Å². The number of nitrogens with zero attached hydrogens (tertiary/aromatic N) is 1. The highest BCUT2D eigenvalue weighted by molar-refractivity contribution is 5.89. The van der Waals surface area contributed by atoms with Crippen molar-refractivity contribution in [2.45, 2.75) is 38.8 Å². The van der Waals surface area contributed by atoms with E-state index in [4.69, 9.17) is 4.42 Å². The first kappa shape index (κ1) is 15.6. The van der Waals surface area contributed by atoms with Crippen molar-refractivity contribution in [3.63, 3.8) is 0 Å². The van der Waals surface area contributed by atoms with Crippen molar-refractivity contribution < 1.29 is 19.1 Å². The smallest absolute Gasteiger partial charge is 0.225 e. The Morgan fingerprint density at radius 3 is 3.00 bits per heavy atom. The van der Waals surface area contributed by atoms with Gasteiger partial charge >= 0.3 is 0 Å². The lowest BCUT2D eigenvalue weighted by molar-refractivity contribution is -0.129. The van der Waals surface area contributed by atoms with E-state index in [-0.39, 0.29) is 30.7 Å². The zero-order valence-corrected chi connectivity index (χ0v) is 12.5. The van der Waals surface area contributed by atoms with Crippen molar-refractivity contribution in [3.05, 3.63) is 24.2 Å². The van der Waals surface area contributed by atoms with Crippen LogP contribution in [0.2, 0.25) is 0 Å². The average molecular weight is 294 g/mol. The molecule has 1 saturated heterocycles. The number of amides is 2. The Kier molecular flexibility index (Phi) is 4.67. The fraction of sp³-hybridized carbons (Fsp3) is 0.600. The highest BCUT2D eigenvalue weighted by atomic mass is 16.3. The fourth-order valence-electron chi connectivity index (χ4n) is 2.24. The van der Waals surface area contributed by atoms with E-state index in [9.17, 15) is 14.7 Å². The Morgan fingerprint density at radius 2 is 2.38 bits per heavy atom. The number of likely N-dealkylation sites (tertiary alicyclic amines) is 1. The van der Waals surface area contributed by atoms with Crippen LogP contribution in [0.25, 0.3) is 0 Å². The minimum Gasteiger partial charge on any atom is -0.467 e. The van der Waals surface area contributed by atoms with Crippen molar-refractivity contribution in [1.29, 1.82) is 0 Å². The first-order chi connectivity index (χ1) is 9.91. The second kappa shape index (κ2) is 6.30. The molecular formula is C15H22N2O4. The van der Waals surface area contributed by atoms with Crippen LogP contribution in [0.5, 0.6) is 0 Å². The topological polar surface area (TPSA) is 82.8 Å². The van der Waals surface area contributed by atoms with Gasteiger partial charge in [0, 0.05) is 19.5 Å². The van der Waals surface area contributed by atoms with Crippen LogP contribution in [0.4, 0.5) is 0 Å². The van der Waals surface area contributed by atoms with Gasteiger partial charge in [-0.3, -0.25) is 9.59 Å². The monoisotopic (exact) mass is 294 g/mol. The van der Waals surface area contributed by atoms with E-state index >= 15 is 0 Å². The lowest BCUT2D eigenvalue weighted by Crippen LogP contribution is -2.42. The summed E-state index contributed by atoms with van der Waals surface area (Å²) in [6.07, 6.45) is 2.33. The van der Waals surface area contributed by atoms with Gasteiger partial charge in [0.15, 0.2) is 0 Å². The standard InChI is InChI=1S/C15H22N2O4/c1-3-15(2,20)10-16-14(19)11-7-13(18)17(8-11)9-12-5-4-6-21-12/h4-6,11,20H,3,7-10H2,1-2H3,(H,16,19)/t11-,15+/m0/s1. The van der Waals surface area contributed by atoms with Crippen molar-refractivity contribution >= 4 is 11.8 Å². The van der Waals surface area contributed by atoms with E-state index in [0.717, 1.165) is 0 Å². The molecule has 0 aromatic carbocycles. The quantitative estimate of drug-likeness (QED) is 0.817. The Bertz CT molecular complexity index is 496. The molecule has 6 nitrogen and oxygen atoms in total. The molecule has 0 spiro atoms. The number of aliphatic hydroxyl groups is 1. The first-order valence-corrected chi connectivity index (χ1v) is 7.21. The van der Waals surface area contributed by atoms with Crippen LogP contribution in [0, 0.1) is 5.92 Å². The normalized spacial score (nSPS) is 21.4. The van der Waals surface area contributed by atoms with Crippen LogP contribution in [-0.4, -0.2) is 40.5 Å². The number of carbonyl (C=O) groups is 2. The van der Waals surface area contributed by atoms with Crippen LogP contribution in [0.3, 0.4) is 0 Å². The van der Waals surface area contributed by atoms with Gasteiger partial charge in [-0.25, -0.2) is 0 Å². The Morgan fingerprint density at radius 1 is 1.62 bits per heavy atom. The third-order valence-corrected chi connectivity index (χ3v) is 3.92. The second-order valence-electron chi connectivity index (χ2n) is 5.82. The molecule has 0 bridgehead atoms. The highest BCUT2D eigenvalue weighted by Crippen LogP contribution is 2.20. The molecule has 2 rings (SSSR count). The highest BCUT2D eigenvalue weighted by Gasteiger charge is 2.35. The van der Waals surface area contributed by atoms with Gasteiger partial charge in [0.05, 0.1) is 24.3 Å². The lowest BCUT2D eigenvalue weighted by atomic mass is 10.0. The number of nitrogens with one attached hydrogen (secondary N) is 1. The van der Waals surface area contributed by atoms with Crippen LogP contribution in [0.1, 0.15) is 32.4 Å². The maximum Gasteiger partial charge on any atom is 0.225 e. The van der Waals surface area contributed by atoms with E-state index < -0.39 is 5.60 Å². The number of hydrogen-bond acceptors (Lipinski definition) is 4. The summed E-state index contributed by atoms with van der Waals surface area (Å²) in [6, 6.07) is 3.58. The molecule has 2 heterocycles. The Balaban J connectivity index is 1.85. The summed E-state index contributed by atoms with van der Waals surface area (Å²) in [4.78, 5) is 25.6. The molecule has 2 amide bonds. The molecule has 0 unspecified atom stereocenters. The largest absolute Gasteiger partial charge is 0.467 e. The van der Waals surface area contributed by atoms with Crippen molar-refractivity contribution in [2.75, 3.05) is 13.1 Å². The molecule has 1 aromatic rings. The summed E-state index contributed by atoms with van der Waals surface area (Å²) in [7, 11) is 0. The third kappa shape index (κ3) is 4.07. The molecular weight excluding hydrogens is 272 g/mol. The lowest BCUT2D eigenvalue weighted by Gasteiger charge is -2.22. The van der Waals surface area contributed by atoms with E-state index in [2.05, 4.69) is 5.32 Å². The molecule has 1 aliphatic rings. The second-order valence-corrected chi connectivity index (χ2v) is 5.82. The van der Waals surface area contributed by atoms with Crippen LogP contribution >= 0.6 is 0 Å². The number of rotatable bonds is 6. The minimum atomic E-state index is -0.911. The molecule has 1 aromatic heterocycles. The predicted molar refractivity (Wildman–Crippen MR) is 76.2 cm³/mol. The summed E-state index contributed by atoms with van der Waals surface area (Å²) in [5.41, 5.74) is -0.911. The number of hydrogen-bond donors (Lipinski definition) is 2. The predicted octanol–water partition coefficient (Wildman–Crippen LogP) is 0.905. The van der Waals surface area contributed by atoms with Crippen molar-refractivity contribution in [3.8, 4) is 0 Å². The Labute approximate surface area is 124 Å². The summed E-state index contributed by atoms with van der Waals surface area (Å²) < 4.78 is 5.22. The minimum absolute atomic E-state index is 0.0474. The van der Waals surface area contributed by atoms with Gasteiger partial charge in [0.25, 0.3) is 0 Å². The van der Waals surface area contributed by atoms with Gasteiger partial charge < -0.3 is 19.7 Å². The van der Waals surface area contributed by atoms with Gasteiger partial charge in [-0.1, -0.05) is 6.92 Å². The van der Waals surface area contributed by atoms with Crippen LogP contribution in [0.15, 0.2) is 22.8 Å². The molecule has 1 fully saturated rings. The number of furan rings is 1. The van der Waals surface area contributed by atoms with Gasteiger partial charge in [-0.2, -0.15) is 0 Å². The maximum atomic E-state index is 12.1. The molecule has 0 saturated carbocycles. The summed E-state index contributed by atoms with van der Waals surface area (Å²) in [6.45, 7) is 4.51. The molecule has 21 heavy (non-hydrogen) atoms. The summed E-state index contributed by atoms with van der Waals surface area (Å²) in [5, 5.41) is 12.6. The molecule has 116 valence electrons. The van der Waals surface area contributed by atoms with E-state index in [1.54, 1.807) is 30.2 Å². The Hall–Kier alpha value is -1.82. The molecule has 6 heteroatoms. The molecule has 0 aliphatic carbocycles. The zero-order chi connectivity index (χ0) is 15.5. The van der Waals surface area contributed by atoms with Crippen molar-refractivity contribution in [2.24, 2.45) is 5.92 Å². The van der Waals surface area contributed by atoms with Gasteiger partial charge in [0.1, 0.15) is 5.76 Å². The average Bonchev–Trinajstić information content (AvgIpc) is 3.07. The van der Waals surface area contributed by atoms with E-state index in [1.807, 2.05) is 6.92 Å². The van der Waals surface area contributed by atoms with Crippen LogP contribution < -0.4 is 5.32 Å². The summed E-state index contributed by atoms with van der Waals surface area (Å²) in [5.74, 6) is 0.117. The molecule has 1 aliphatic heterocycles. The molecule has 2 N–H and O–H groups in total. The van der Waals surface area contributed by atoms with E-state index in [0.29, 0.717) is 25.3 Å². The first-order valence-electron chi connectivity index (χ1n) is 7.21. The molecule has 2 atom stereocenters. The number of carbonyl (C=O) groups excluding carboxylic acids is 2. The maximum absolute atomic E-state index is 12.1. The van der Waals surface area contributed by atoms with E-state index in [1.165, 1.54) is 0 Å². The molecule has 0 radical (unpaired) electrons. The van der Waals surface area contributed by atoms with Crippen LogP contribution in [-0.2, 0) is 16.1 Å². The zero-order valence-electron chi connectivity index (χ0n) is 12.5. The fourth-order valence-corrected chi connectivity index (χ4v) is 2.24. The SMILES string of the molecule is CC[C@@](C)(O)CNC(=O)[C@H]1CC(=O)N(Cc2ccco2)C1. The van der Waals surface area contributed by atoms with Gasteiger partial charge in [-0.15, -0.1) is 0 Å².